The van der Waals surface area contributed by atoms with Crippen molar-refractivity contribution in [2.24, 2.45) is 11.8 Å². The van der Waals surface area contributed by atoms with Gasteiger partial charge < -0.3 is 9.64 Å². The first-order chi connectivity index (χ1) is 9.51. The zero-order chi connectivity index (χ0) is 14.7. The Morgan fingerprint density at radius 3 is 2.50 bits per heavy atom. The number of carbonyl (C=O) groups excluding carboxylic acids is 2. The molecule has 1 heterocycles. The van der Waals surface area contributed by atoms with Gasteiger partial charge in [0.25, 0.3) is 0 Å². The summed E-state index contributed by atoms with van der Waals surface area (Å²) in [4.78, 5) is 25.1. The summed E-state index contributed by atoms with van der Waals surface area (Å²) in [5.41, 5.74) is 1.11. The molecule has 1 amide bonds. The Kier molecular flexibility index (Phi) is 4.65. The second-order valence-electron chi connectivity index (χ2n) is 5.14. The number of nitrogens with zero attached hydrogens (tertiary/aromatic N) is 1. The minimum absolute atomic E-state index is 0.00231. The molecule has 1 aromatic rings. The molecule has 0 spiro atoms. The van der Waals surface area contributed by atoms with E-state index >= 15 is 0 Å². The number of hydrogen-bond donors (Lipinski definition) is 0. The van der Waals surface area contributed by atoms with E-state index in [1.54, 1.807) is 4.90 Å². The van der Waals surface area contributed by atoms with Crippen LogP contribution in [0.1, 0.15) is 12.5 Å². The fraction of sp³-hybridized carbons (Fsp3) is 0.467. The Morgan fingerprint density at radius 2 is 1.95 bits per heavy atom. The van der Waals surface area contributed by atoms with Gasteiger partial charge in [-0.25, -0.2) is 0 Å². The zero-order valence-corrected chi connectivity index (χ0v) is 12.4. The second kappa shape index (κ2) is 6.27. The summed E-state index contributed by atoms with van der Waals surface area (Å²) in [5, 5.41) is 0.690. The number of likely N-dealkylation sites (tertiary alicyclic amines) is 1. The molecule has 4 nitrogen and oxygen atoms in total. The molecular weight excluding hydrogens is 278 g/mol. The maximum Gasteiger partial charge on any atom is 0.310 e. The number of esters is 1. The van der Waals surface area contributed by atoms with Crippen LogP contribution >= 0.6 is 11.6 Å². The lowest BCUT2D eigenvalue weighted by Gasteiger charge is -2.15. The number of halogens is 1. The SMILES string of the molecule is COC(=O)[C@H]1CN(C(C)=O)C[C@@H]1Cc1ccc(Cl)cc1. The molecule has 0 unspecified atom stereocenters. The van der Waals surface area contributed by atoms with Gasteiger partial charge in [-0.05, 0) is 30.0 Å². The molecule has 0 radical (unpaired) electrons. The van der Waals surface area contributed by atoms with Gasteiger partial charge in [0.2, 0.25) is 5.91 Å². The molecule has 0 saturated carbocycles. The predicted molar refractivity (Wildman–Crippen MR) is 76.4 cm³/mol. The highest BCUT2D eigenvalue weighted by Gasteiger charge is 2.39. The van der Waals surface area contributed by atoms with E-state index in [0.717, 1.165) is 12.0 Å². The Balaban J connectivity index is 2.12. The quantitative estimate of drug-likeness (QED) is 0.803. The van der Waals surface area contributed by atoms with E-state index in [-0.39, 0.29) is 23.7 Å². The third-order valence-corrected chi connectivity index (χ3v) is 4.05. The van der Waals surface area contributed by atoms with Crippen LogP contribution in [-0.2, 0) is 20.7 Å². The first kappa shape index (κ1) is 14.9. The van der Waals surface area contributed by atoms with Crippen LogP contribution in [0.4, 0.5) is 0 Å². The number of hydrogen-bond acceptors (Lipinski definition) is 3. The Labute approximate surface area is 123 Å². The lowest BCUT2D eigenvalue weighted by Crippen LogP contribution is -2.27. The molecule has 2 rings (SSSR count). The predicted octanol–water partition coefficient (Wildman–Crippen LogP) is 2.15. The summed E-state index contributed by atoms with van der Waals surface area (Å²) < 4.78 is 4.85. The molecule has 1 aliphatic heterocycles. The monoisotopic (exact) mass is 295 g/mol. The zero-order valence-electron chi connectivity index (χ0n) is 11.6. The van der Waals surface area contributed by atoms with Crippen LogP contribution in [0.25, 0.3) is 0 Å². The summed E-state index contributed by atoms with van der Waals surface area (Å²) in [5.74, 6) is -0.405. The first-order valence-corrected chi connectivity index (χ1v) is 6.97. The highest BCUT2D eigenvalue weighted by molar-refractivity contribution is 6.30. The molecule has 0 aromatic heterocycles. The third-order valence-electron chi connectivity index (χ3n) is 3.80. The number of methoxy groups -OCH3 is 1. The van der Waals surface area contributed by atoms with E-state index in [1.807, 2.05) is 24.3 Å². The van der Waals surface area contributed by atoms with Crippen molar-refractivity contribution in [1.82, 2.24) is 4.90 Å². The molecule has 20 heavy (non-hydrogen) atoms. The molecule has 2 atom stereocenters. The van der Waals surface area contributed by atoms with Gasteiger partial charge in [-0.3, -0.25) is 9.59 Å². The standard InChI is InChI=1S/C15H18ClNO3/c1-10(18)17-8-12(14(9-17)15(19)20-2)7-11-3-5-13(16)6-4-11/h3-6,12,14H,7-9H2,1-2H3/t12-,14-/m0/s1. The van der Waals surface area contributed by atoms with Crippen LogP contribution < -0.4 is 0 Å². The van der Waals surface area contributed by atoms with Gasteiger partial charge in [0.15, 0.2) is 0 Å². The van der Waals surface area contributed by atoms with Crippen molar-refractivity contribution >= 4 is 23.5 Å². The maximum atomic E-state index is 11.9. The van der Waals surface area contributed by atoms with Crippen LogP contribution in [0, 0.1) is 11.8 Å². The molecule has 0 N–H and O–H groups in total. The van der Waals surface area contributed by atoms with Crippen LogP contribution in [0.5, 0.6) is 0 Å². The number of ether oxygens (including phenoxy) is 1. The number of amides is 1. The molecule has 0 bridgehead atoms. The largest absolute Gasteiger partial charge is 0.469 e. The van der Waals surface area contributed by atoms with Crippen molar-refractivity contribution in [3.63, 3.8) is 0 Å². The molecule has 5 heteroatoms. The van der Waals surface area contributed by atoms with Gasteiger partial charge >= 0.3 is 5.97 Å². The van der Waals surface area contributed by atoms with Crippen molar-refractivity contribution in [2.45, 2.75) is 13.3 Å². The van der Waals surface area contributed by atoms with Gasteiger partial charge in [-0.1, -0.05) is 23.7 Å². The minimum atomic E-state index is -0.250. The smallest absolute Gasteiger partial charge is 0.310 e. The summed E-state index contributed by atoms with van der Waals surface area (Å²) in [6.45, 7) is 2.57. The molecule has 1 fully saturated rings. The van der Waals surface area contributed by atoms with E-state index in [0.29, 0.717) is 18.1 Å². The highest BCUT2D eigenvalue weighted by atomic mass is 35.5. The van der Waals surface area contributed by atoms with Crippen molar-refractivity contribution < 1.29 is 14.3 Å². The average Bonchev–Trinajstić information content (AvgIpc) is 2.84. The van der Waals surface area contributed by atoms with Gasteiger partial charge in [0.05, 0.1) is 13.0 Å². The summed E-state index contributed by atoms with van der Waals surface area (Å²) in [6, 6.07) is 7.57. The molecule has 1 aromatic carbocycles. The van der Waals surface area contributed by atoms with Gasteiger partial charge in [-0.15, -0.1) is 0 Å². The molecular formula is C15H18ClNO3. The molecule has 1 saturated heterocycles. The number of benzene rings is 1. The van der Waals surface area contributed by atoms with E-state index in [2.05, 4.69) is 0 Å². The van der Waals surface area contributed by atoms with Crippen molar-refractivity contribution in [3.05, 3.63) is 34.9 Å². The topological polar surface area (TPSA) is 46.6 Å². The van der Waals surface area contributed by atoms with Crippen LogP contribution in [-0.4, -0.2) is 37.0 Å². The van der Waals surface area contributed by atoms with E-state index in [1.165, 1.54) is 14.0 Å². The third kappa shape index (κ3) is 3.31. The van der Waals surface area contributed by atoms with E-state index in [9.17, 15) is 9.59 Å². The second-order valence-corrected chi connectivity index (χ2v) is 5.58. The van der Waals surface area contributed by atoms with Crippen molar-refractivity contribution in [3.8, 4) is 0 Å². The van der Waals surface area contributed by atoms with Crippen LogP contribution in [0.3, 0.4) is 0 Å². The van der Waals surface area contributed by atoms with Gasteiger partial charge in [0.1, 0.15) is 0 Å². The Hall–Kier alpha value is -1.55. The fourth-order valence-corrected chi connectivity index (χ4v) is 2.80. The van der Waals surface area contributed by atoms with Crippen molar-refractivity contribution in [2.75, 3.05) is 20.2 Å². The molecule has 108 valence electrons. The fourth-order valence-electron chi connectivity index (χ4n) is 2.68. The Morgan fingerprint density at radius 1 is 1.30 bits per heavy atom. The molecule has 1 aliphatic rings. The summed E-state index contributed by atoms with van der Waals surface area (Å²) >= 11 is 5.87. The van der Waals surface area contributed by atoms with E-state index < -0.39 is 0 Å². The first-order valence-electron chi connectivity index (χ1n) is 6.59. The Bertz CT molecular complexity index is 500. The van der Waals surface area contributed by atoms with Crippen molar-refractivity contribution in [1.29, 1.82) is 0 Å². The van der Waals surface area contributed by atoms with E-state index in [4.69, 9.17) is 16.3 Å². The lowest BCUT2D eigenvalue weighted by molar-refractivity contribution is -0.146. The lowest BCUT2D eigenvalue weighted by atomic mass is 9.90. The number of rotatable bonds is 3. The van der Waals surface area contributed by atoms with Gasteiger partial charge in [0, 0.05) is 25.0 Å². The normalized spacial score (nSPS) is 21.9. The van der Waals surface area contributed by atoms with Gasteiger partial charge in [-0.2, -0.15) is 0 Å². The minimum Gasteiger partial charge on any atom is -0.469 e. The summed E-state index contributed by atoms with van der Waals surface area (Å²) in [7, 11) is 1.39. The van der Waals surface area contributed by atoms with Crippen LogP contribution in [0.2, 0.25) is 5.02 Å². The average molecular weight is 296 g/mol. The number of carbonyl (C=O) groups is 2. The highest BCUT2D eigenvalue weighted by Crippen LogP contribution is 2.28. The maximum absolute atomic E-state index is 11.9. The van der Waals surface area contributed by atoms with Crippen LogP contribution in [0.15, 0.2) is 24.3 Å². The summed E-state index contributed by atoms with van der Waals surface area (Å²) in [6.07, 6.45) is 0.737. The molecule has 0 aliphatic carbocycles.